The number of rotatable bonds is 4. The molecule has 198 valence electrons. The van der Waals surface area contributed by atoms with Crippen LogP contribution in [0.3, 0.4) is 0 Å². The predicted octanol–water partition coefficient (Wildman–Crippen LogP) is 7.14. The van der Waals surface area contributed by atoms with Crippen molar-refractivity contribution in [2.24, 2.45) is 5.92 Å². The number of allylic oxidation sites excluding steroid dienone is 2. The van der Waals surface area contributed by atoms with E-state index >= 15 is 0 Å². The summed E-state index contributed by atoms with van der Waals surface area (Å²) >= 11 is 0. The molecular formula is C32H33N3O3Si. The van der Waals surface area contributed by atoms with Crippen LogP contribution < -0.4 is 0 Å². The van der Waals surface area contributed by atoms with Crippen LogP contribution in [0.5, 0.6) is 0 Å². The third-order valence-electron chi connectivity index (χ3n) is 9.55. The summed E-state index contributed by atoms with van der Waals surface area (Å²) in [6, 6.07) is 16.3. The first-order valence-corrected chi connectivity index (χ1v) is 16.7. The molecule has 3 heterocycles. The second-order valence-electron chi connectivity index (χ2n) is 12.5. The van der Waals surface area contributed by atoms with E-state index in [-0.39, 0.29) is 22.9 Å². The van der Waals surface area contributed by atoms with Gasteiger partial charge in [-0.15, -0.1) is 0 Å². The van der Waals surface area contributed by atoms with Gasteiger partial charge in [-0.3, -0.25) is 14.5 Å². The van der Waals surface area contributed by atoms with Crippen LogP contribution in [0.1, 0.15) is 53.4 Å². The highest BCUT2D eigenvalue weighted by atomic mass is 28.4. The fourth-order valence-corrected chi connectivity index (χ4v) is 7.55. The molecule has 0 radical (unpaired) electrons. The topological polar surface area (TPSA) is 78.3 Å². The Hall–Kier alpha value is -3.68. The van der Waals surface area contributed by atoms with Gasteiger partial charge in [0.2, 0.25) is 0 Å². The molecule has 1 aliphatic carbocycles. The standard InChI is InChI=1S/C32H33N3O3Si/c1-32(2,39(4,5)38)17-18-14-15-19(16-18)35-23-13-9-7-11-21(23)25-27-26(30(36)34(3)31(27)37)24-20-10-6-8-12-22(20)33-28(24)29(25)35/h6-15,18-19,33,38H,16-17H2,1-5H3/t18-,19?/m1/s1. The molecule has 2 amide bonds. The van der Waals surface area contributed by atoms with Crippen molar-refractivity contribution in [1.82, 2.24) is 14.5 Å². The quantitative estimate of drug-likeness (QED) is 0.146. The van der Waals surface area contributed by atoms with E-state index in [1.807, 2.05) is 49.5 Å². The summed E-state index contributed by atoms with van der Waals surface area (Å²) < 4.78 is 2.38. The largest absolute Gasteiger partial charge is 0.432 e. The fraction of sp³-hybridized carbons (Fsp3) is 0.312. The fourth-order valence-electron chi connectivity index (χ4n) is 6.79. The van der Waals surface area contributed by atoms with E-state index in [1.54, 1.807) is 7.05 Å². The summed E-state index contributed by atoms with van der Waals surface area (Å²) in [5.41, 5.74) is 4.90. The molecule has 0 bridgehead atoms. The van der Waals surface area contributed by atoms with Gasteiger partial charge in [-0.2, -0.15) is 0 Å². The zero-order chi connectivity index (χ0) is 27.4. The van der Waals surface area contributed by atoms with Crippen LogP contribution >= 0.6 is 0 Å². The van der Waals surface area contributed by atoms with Crippen LogP contribution in [0.25, 0.3) is 43.6 Å². The maximum atomic E-state index is 13.7. The van der Waals surface area contributed by atoms with Gasteiger partial charge in [0.25, 0.3) is 11.8 Å². The Balaban J connectivity index is 1.53. The number of aromatic amines is 1. The van der Waals surface area contributed by atoms with Crippen molar-refractivity contribution in [3.63, 3.8) is 0 Å². The first-order valence-electron chi connectivity index (χ1n) is 13.7. The number of aromatic nitrogens is 2. The van der Waals surface area contributed by atoms with E-state index in [2.05, 4.69) is 47.7 Å². The average Bonchev–Trinajstić information content (AvgIpc) is 3.63. The zero-order valence-corrected chi connectivity index (χ0v) is 24.0. The van der Waals surface area contributed by atoms with E-state index in [0.29, 0.717) is 17.0 Å². The van der Waals surface area contributed by atoms with Gasteiger partial charge < -0.3 is 14.3 Å². The molecule has 2 aliphatic rings. The number of hydrogen-bond donors (Lipinski definition) is 2. The van der Waals surface area contributed by atoms with Crippen LogP contribution in [0.2, 0.25) is 18.1 Å². The number of carbonyl (C=O) groups excluding carboxylic acids is 2. The summed E-state index contributed by atoms with van der Waals surface area (Å²) in [5.74, 6) is -0.142. The molecule has 1 unspecified atom stereocenters. The van der Waals surface area contributed by atoms with Crippen molar-refractivity contribution in [1.29, 1.82) is 0 Å². The molecule has 7 heteroatoms. The minimum atomic E-state index is -2.34. The molecule has 3 aromatic carbocycles. The molecule has 0 fully saturated rings. The minimum Gasteiger partial charge on any atom is -0.432 e. The molecule has 7 rings (SSSR count). The number of carbonyl (C=O) groups is 2. The highest BCUT2D eigenvalue weighted by molar-refractivity contribution is 6.72. The molecule has 5 aromatic rings. The summed E-state index contributed by atoms with van der Waals surface area (Å²) in [4.78, 5) is 43.0. The monoisotopic (exact) mass is 535 g/mol. The van der Waals surface area contributed by atoms with Gasteiger partial charge >= 0.3 is 0 Å². The molecular weight excluding hydrogens is 502 g/mol. The van der Waals surface area contributed by atoms with Gasteiger partial charge in [0, 0.05) is 39.6 Å². The van der Waals surface area contributed by atoms with E-state index in [9.17, 15) is 14.4 Å². The van der Waals surface area contributed by atoms with E-state index in [0.717, 1.165) is 56.5 Å². The number of H-pyrrole nitrogens is 1. The molecule has 2 aromatic heterocycles. The Morgan fingerprint density at radius 2 is 1.59 bits per heavy atom. The van der Waals surface area contributed by atoms with Crippen LogP contribution in [-0.4, -0.2) is 46.4 Å². The molecule has 0 saturated heterocycles. The Bertz CT molecular complexity index is 1900. The van der Waals surface area contributed by atoms with Crippen LogP contribution in [0.15, 0.2) is 60.7 Å². The van der Waals surface area contributed by atoms with Crippen molar-refractivity contribution in [2.45, 2.75) is 50.9 Å². The van der Waals surface area contributed by atoms with Crippen LogP contribution in [0.4, 0.5) is 0 Å². The Labute approximate surface area is 228 Å². The Morgan fingerprint density at radius 1 is 0.949 bits per heavy atom. The lowest BCUT2D eigenvalue weighted by atomic mass is 9.95. The van der Waals surface area contributed by atoms with Gasteiger partial charge in [-0.1, -0.05) is 62.4 Å². The summed E-state index contributed by atoms with van der Waals surface area (Å²) in [7, 11) is -0.758. The van der Waals surface area contributed by atoms with Gasteiger partial charge in [-0.25, -0.2) is 0 Å². The Kier molecular flexibility index (Phi) is 4.95. The maximum Gasteiger partial charge on any atom is 0.262 e. The van der Waals surface area contributed by atoms with Crippen LogP contribution in [-0.2, 0) is 0 Å². The average molecular weight is 536 g/mol. The molecule has 1 aliphatic heterocycles. The van der Waals surface area contributed by atoms with Gasteiger partial charge in [0.1, 0.15) is 0 Å². The Morgan fingerprint density at radius 3 is 2.31 bits per heavy atom. The number of hydrogen-bond acceptors (Lipinski definition) is 3. The number of nitrogens with zero attached hydrogens (tertiary/aromatic N) is 2. The summed E-state index contributed by atoms with van der Waals surface area (Å²) in [6.07, 6.45) is 6.46. The summed E-state index contributed by atoms with van der Waals surface area (Å²) in [5, 5.41) is 3.51. The molecule has 6 nitrogen and oxygen atoms in total. The lowest BCUT2D eigenvalue weighted by Gasteiger charge is -2.37. The van der Waals surface area contributed by atoms with Crippen molar-refractivity contribution < 1.29 is 14.4 Å². The highest BCUT2D eigenvalue weighted by Crippen LogP contribution is 2.49. The third kappa shape index (κ3) is 3.23. The lowest BCUT2D eigenvalue weighted by molar-refractivity contribution is 0.0694. The number of nitrogens with one attached hydrogen (secondary N) is 1. The second kappa shape index (κ2) is 7.93. The van der Waals surface area contributed by atoms with Crippen molar-refractivity contribution in [3.8, 4) is 0 Å². The van der Waals surface area contributed by atoms with Crippen molar-refractivity contribution in [2.75, 3.05) is 7.05 Å². The second-order valence-corrected chi connectivity index (χ2v) is 17.0. The first kappa shape index (κ1) is 24.4. The van der Waals surface area contributed by atoms with E-state index < -0.39 is 8.32 Å². The first-order chi connectivity index (χ1) is 18.5. The number of imide groups is 1. The SMILES string of the molecule is CN1C(=O)c2c(c3c4ccccc4n(C4C=C[C@@H](CC(C)(C)[Si](C)(C)O)C4)c3c3[nH]c4ccccc4c23)C1=O. The third-order valence-corrected chi connectivity index (χ3v) is 13.1. The maximum absolute atomic E-state index is 13.7. The number of benzene rings is 3. The van der Waals surface area contributed by atoms with E-state index in [4.69, 9.17) is 0 Å². The van der Waals surface area contributed by atoms with Gasteiger partial charge in [-0.05, 0) is 49.0 Å². The van der Waals surface area contributed by atoms with Crippen molar-refractivity contribution >= 4 is 63.7 Å². The number of fused-ring (bicyclic) bond motifs is 10. The molecule has 39 heavy (non-hydrogen) atoms. The molecule has 2 atom stereocenters. The lowest BCUT2D eigenvalue weighted by Crippen LogP contribution is -2.39. The molecule has 0 spiro atoms. The highest BCUT2D eigenvalue weighted by Gasteiger charge is 2.42. The summed E-state index contributed by atoms with van der Waals surface area (Å²) in [6.45, 7) is 8.44. The normalized spacial score (nSPS) is 20.0. The van der Waals surface area contributed by atoms with Gasteiger partial charge in [0.15, 0.2) is 8.32 Å². The van der Waals surface area contributed by atoms with Crippen molar-refractivity contribution in [3.05, 3.63) is 71.8 Å². The zero-order valence-electron chi connectivity index (χ0n) is 23.0. The van der Waals surface area contributed by atoms with E-state index in [1.165, 1.54) is 4.90 Å². The smallest absolute Gasteiger partial charge is 0.262 e. The molecule has 2 N–H and O–H groups in total. The predicted molar refractivity (Wildman–Crippen MR) is 160 cm³/mol. The number of amides is 2. The minimum absolute atomic E-state index is 0.0919. The number of para-hydroxylation sites is 2. The van der Waals surface area contributed by atoms with Crippen LogP contribution in [0, 0.1) is 5.92 Å². The van der Waals surface area contributed by atoms with Gasteiger partial charge in [0.05, 0.1) is 28.2 Å². The molecule has 0 saturated carbocycles.